The molecule has 5 heteroatoms. The van der Waals surface area contributed by atoms with Gasteiger partial charge in [-0.3, -0.25) is 9.58 Å². The van der Waals surface area contributed by atoms with Gasteiger partial charge in [0.05, 0.1) is 11.4 Å². The number of likely N-dealkylation sites (tertiary alicyclic amines) is 1. The summed E-state index contributed by atoms with van der Waals surface area (Å²) in [6.45, 7) is 10.4. The van der Waals surface area contributed by atoms with Crippen LogP contribution in [0.5, 0.6) is 0 Å². The molecule has 0 bridgehead atoms. The van der Waals surface area contributed by atoms with Crippen molar-refractivity contribution >= 4 is 0 Å². The maximum Gasteiger partial charge on any atom is 0.138 e. The van der Waals surface area contributed by atoms with Gasteiger partial charge in [-0.2, -0.15) is 5.10 Å². The first-order chi connectivity index (χ1) is 9.99. The van der Waals surface area contributed by atoms with E-state index >= 15 is 0 Å². The zero-order chi connectivity index (χ0) is 15.1. The lowest BCUT2D eigenvalue weighted by atomic mass is 10.0. The molecule has 3 rings (SSSR count). The van der Waals surface area contributed by atoms with Crippen LogP contribution in [-0.2, 0) is 13.6 Å². The van der Waals surface area contributed by atoms with Gasteiger partial charge < -0.3 is 4.52 Å². The number of aromatic nitrogens is 3. The Morgan fingerprint density at radius 1 is 1.19 bits per heavy atom. The van der Waals surface area contributed by atoms with E-state index in [-0.39, 0.29) is 0 Å². The highest BCUT2D eigenvalue weighted by Crippen LogP contribution is 2.36. The SMILES string of the molecule is Cc1noc(C)c1CN1CCCC1c1c(C)nn(C)c1C. The molecule has 0 aromatic carbocycles. The lowest BCUT2D eigenvalue weighted by Crippen LogP contribution is -2.24. The van der Waals surface area contributed by atoms with E-state index in [2.05, 4.69) is 29.0 Å². The average molecular weight is 288 g/mol. The third-order valence-corrected chi connectivity index (χ3v) is 4.80. The molecule has 1 aliphatic rings. The van der Waals surface area contributed by atoms with Crippen molar-refractivity contribution < 1.29 is 4.52 Å². The van der Waals surface area contributed by atoms with E-state index in [0.29, 0.717) is 6.04 Å². The van der Waals surface area contributed by atoms with Crippen molar-refractivity contribution in [2.75, 3.05) is 6.54 Å². The van der Waals surface area contributed by atoms with Gasteiger partial charge in [-0.05, 0) is 47.1 Å². The minimum Gasteiger partial charge on any atom is -0.361 e. The molecule has 5 nitrogen and oxygen atoms in total. The summed E-state index contributed by atoms with van der Waals surface area (Å²) in [6, 6.07) is 0.465. The molecule has 114 valence electrons. The predicted octanol–water partition coefficient (Wildman–Crippen LogP) is 2.98. The summed E-state index contributed by atoms with van der Waals surface area (Å²) in [5.74, 6) is 0.942. The van der Waals surface area contributed by atoms with Gasteiger partial charge in [0.2, 0.25) is 0 Å². The fourth-order valence-electron chi connectivity index (χ4n) is 3.55. The topological polar surface area (TPSA) is 47.1 Å². The van der Waals surface area contributed by atoms with Gasteiger partial charge >= 0.3 is 0 Å². The van der Waals surface area contributed by atoms with E-state index in [9.17, 15) is 0 Å². The third-order valence-electron chi connectivity index (χ3n) is 4.80. The van der Waals surface area contributed by atoms with Crippen LogP contribution in [0.15, 0.2) is 4.52 Å². The summed E-state index contributed by atoms with van der Waals surface area (Å²) in [6.07, 6.45) is 2.44. The molecular formula is C16H24N4O. The second kappa shape index (κ2) is 5.30. The zero-order valence-corrected chi connectivity index (χ0v) is 13.6. The molecule has 1 fully saturated rings. The Labute approximate surface area is 125 Å². The molecular weight excluding hydrogens is 264 g/mol. The summed E-state index contributed by atoms with van der Waals surface area (Å²) in [5, 5.41) is 8.66. The van der Waals surface area contributed by atoms with E-state index in [1.807, 2.05) is 25.6 Å². The Kier molecular flexibility index (Phi) is 3.61. The maximum absolute atomic E-state index is 5.30. The van der Waals surface area contributed by atoms with E-state index in [1.54, 1.807) is 0 Å². The minimum atomic E-state index is 0.465. The maximum atomic E-state index is 5.30. The first-order valence-electron chi connectivity index (χ1n) is 7.65. The Morgan fingerprint density at radius 2 is 1.95 bits per heavy atom. The number of hydrogen-bond donors (Lipinski definition) is 0. The summed E-state index contributed by atoms with van der Waals surface area (Å²) >= 11 is 0. The van der Waals surface area contributed by atoms with E-state index in [4.69, 9.17) is 4.52 Å². The van der Waals surface area contributed by atoms with Crippen LogP contribution in [-0.4, -0.2) is 26.4 Å². The molecule has 3 heterocycles. The van der Waals surface area contributed by atoms with E-state index in [1.165, 1.54) is 29.7 Å². The quantitative estimate of drug-likeness (QED) is 0.871. The molecule has 0 radical (unpaired) electrons. The van der Waals surface area contributed by atoms with E-state index < -0.39 is 0 Å². The Morgan fingerprint density at radius 3 is 2.52 bits per heavy atom. The standard InChI is InChI=1S/C16H24N4O/c1-10-14(13(4)21-18-10)9-20-8-6-7-15(20)16-11(2)17-19(5)12(16)3/h15H,6-9H2,1-5H3. The van der Waals surface area contributed by atoms with E-state index in [0.717, 1.165) is 30.2 Å². The number of nitrogens with zero attached hydrogens (tertiary/aromatic N) is 4. The highest BCUT2D eigenvalue weighted by Gasteiger charge is 2.31. The van der Waals surface area contributed by atoms with Crippen molar-refractivity contribution in [1.82, 2.24) is 19.8 Å². The molecule has 2 aromatic heterocycles. The van der Waals surface area contributed by atoms with Gasteiger partial charge in [-0.1, -0.05) is 5.16 Å². The first-order valence-corrected chi connectivity index (χ1v) is 7.65. The molecule has 1 saturated heterocycles. The minimum absolute atomic E-state index is 0.465. The Hall–Kier alpha value is -1.62. The van der Waals surface area contributed by atoms with Crippen LogP contribution in [0.2, 0.25) is 0 Å². The zero-order valence-electron chi connectivity index (χ0n) is 13.6. The highest BCUT2D eigenvalue weighted by atomic mass is 16.5. The van der Waals surface area contributed by atoms with Crippen molar-refractivity contribution in [2.45, 2.75) is 53.1 Å². The highest BCUT2D eigenvalue weighted by molar-refractivity contribution is 5.30. The second-order valence-electron chi connectivity index (χ2n) is 6.14. The van der Waals surface area contributed by atoms with Gasteiger partial charge in [0.15, 0.2) is 0 Å². The third kappa shape index (κ3) is 2.39. The predicted molar refractivity (Wildman–Crippen MR) is 81.0 cm³/mol. The van der Waals surface area contributed by atoms with Crippen LogP contribution < -0.4 is 0 Å². The van der Waals surface area contributed by atoms with Gasteiger partial charge in [0, 0.05) is 36.5 Å². The molecule has 0 N–H and O–H groups in total. The molecule has 0 spiro atoms. The molecule has 0 aliphatic carbocycles. The lowest BCUT2D eigenvalue weighted by Gasteiger charge is -2.25. The normalized spacial score (nSPS) is 19.6. The Balaban J connectivity index is 1.89. The van der Waals surface area contributed by atoms with Crippen LogP contribution in [0.4, 0.5) is 0 Å². The smallest absolute Gasteiger partial charge is 0.138 e. The van der Waals surface area contributed by atoms with Crippen LogP contribution >= 0.6 is 0 Å². The van der Waals surface area contributed by atoms with Crippen LogP contribution in [0.1, 0.15) is 52.9 Å². The average Bonchev–Trinajstić information content (AvgIpc) is 3.07. The molecule has 21 heavy (non-hydrogen) atoms. The summed E-state index contributed by atoms with van der Waals surface area (Å²) < 4.78 is 7.30. The Bertz CT molecular complexity index is 636. The van der Waals surface area contributed by atoms with Crippen LogP contribution in [0.25, 0.3) is 0 Å². The van der Waals surface area contributed by atoms with Crippen LogP contribution in [0.3, 0.4) is 0 Å². The number of hydrogen-bond acceptors (Lipinski definition) is 4. The molecule has 0 amide bonds. The van der Waals surface area contributed by atoms with Gasteiger partial charge in [-0.25, -0.2) is 0 Å². The van der Waals surface area contributed by atoms with Crippen molar-refractivity contribution in [3.05, 3.63) is 34.0 Å². The lowest BCUT2D eigenvalue weighted by molar-refractivity contribution is 0.245. The van der Waals surface area contributed by atoms with Crippen molar-refractivity contribution in [1.29, 1.82) is 0 Å². The van der Waals surface area contributed by atoms with Gasteiger partial charge in [0.1, 0.15) is 5.76 Å². The summed E-state index contributed by atoms with van der Waals surface area (Å²) in [4.78, 5) is 2.55. The van der Waals surface area contributed by atoms with Crippen molar-refractivity contribution in [2.24, 2.45) is 7.05 Å². The fourth-order valence-corrected chi connectivity index (χ4v) is 3.55. The summed E-state index contributed by atoms with van der Waals surface area (Å²) in [7, 11) is 2.03. The number of aryl methyl sites for hydroxylation is 4. The monoisotopic (exact) mass is 288 g/mol. The van der Waals surface area contributed by atoms with Gasteiger partial charge in [-0.15, -0.1) is 0 Å². The largest absolute Gasteiger partial charge is 0.361 e. The first kappa shape index (κ1) is 14.3. The van der Waals surface area contributed by atoms with Gasteiger partial charge in [0.25, 0.3) is 0 Å². The molecule has 1 aliphatic heterocycles. The fraction of sp³-hybridized carbons (Fsp3) is 0.625. The van der Waals surface area contributed by atoms with Crippen molar-refractivity contribution in [3.63, 3.8) is 0 Å². The molecule has 0 saturated carbocycles. The molecule has 1 unspecified atom stereocenters. The van der Waals surface area contributed by atoms with Crippen LogP contribution in [0, 0.1) is 27.7 Å². The van der Waals surface area contributed by atoms with Crippen molar-refractivity contribution in [3.8, 4) is 0 Å². The molecule has 1 atom stereocenters. The summed E-state index contributed by atoms with van der Waals surface area (Å²) in [5.41, 5.74) is 6.09. The second-order valence-corrected chi connectivity index (χ2v) is 6.14. The molecule has 2 aromatic rings. The number of rotatable bonds is 3.